The number of aromatic carboxylic acids is 1. The highest BCUT2D eigenvalue weighted by atomic mass is 79.9. The van der Waals surface area contributed by atoms with Gasteiger partial charge in [-0.1, -0.05) is 15.9 Å². The van der Waals surface area contributed by atoms with Crippen LogP contribution in [0.3, 0.4) is 0 Å². The lowest BCUT2D eigenvalue weighted by Gasteiger charge is -2.06. The number of carbonyl (C=O) groups is 1. The molecule has 1 heterocycles. The molecule has 0 unspecified atom stereocenters. The van der Waals surface area contributed by atoms with Gasteiger partial charge in [-0.3, -0.25) is 0 Å². The van der Waals surface area contributed by atoms with Crippen LogP contribution < -0.4 is 4.74 Å². The summed E-state index contributed by atoms with van der Waals surface area (Å²) in [6.07, 6.45) is 1.14. The van der Waals surface area contributed by atoms with E-state index in [-0.39, 0.29) is 10.2 Å². The smallest absolute Gasteiger partial charge is 0.354 e. The van der Waals surface area contributed by atoms with E-state index < -0.39 is 29.4 Å². The van der Waals surface area contributed by atoms with Gasteiger partial charge >= 0.3 is 12.0 Å². The van der Waals surface area contributed by atoms with Crippen molar-refractivity contribution in [3.05, 3.63) is 46.2 Å². The predicted molar refractivity (Wildman–Crippen MR) is 63.1 cm³/mol. The largest absolute Gasteiger partial charge is 0.477 e. The molecule has 0 atom stereocenters. The summed E-state index contributed by atoms with van der Waals surface area (Å²) in [4.78, 5) is 17.8. The molecule has 2 aromatic rings. The third-order valence-electron chi connectivity index (χ3n) is 2.01. The molecule has 0 saturated heterocycles. The molecule has 98 valence electrons. The number of hydrogen-bond acceptors (Lipinski definition) is 4. The van der Waals surface area contributed by atoms with E-state index >= 15 is 0 Å². The average Bonchev–Trinajstić information content (AvgIpc) is 2.35. The Kier molecular flexibility index (Phi) is 3.70. The average molecular weight is 331 g/mol. The number of benzene rings is 1. The second-order valence-electron chi connectivity index (χ2n) is 3.33. The number of ether oxygens (including phenoxy) is 1. The van der Waals surface area contributed by atoms with Crippen LogP contribution in [0.15, 0.2) is 28.9 Å². The molecule has 0 radical (unpaired) electrons. The van der Waals surface area contributed by atoms with Gasteiger partial charge in [-0.25, -0.2) is 14.2 Å². The number of halogens is 3. The van der Waals surface area contributed by atoms with Gasteiger partial charge in [0.15, 0.2) is 17.3 Å². The van der Waals surface area contributed by atoms with Gasteiger partial charge < -0.3 is 9.84 Å². The summed E-state index contributed by atoms with van der Waals surface area (Å²) < 4.78 is 31.8. The minimum Gasteiger partial charge on any atom is -0.477 e. The molecule has 8 heteroatoms. The maximum Gasteiger partial charge on any atom is 0.354 e. The van der Waals surface area contributed by atoms with Crippen LogP contribution in [0.5, 0.6) is 11.8 Å². The third-order valence-corrected chi connectivity index (χ3v) is 2.47. The van der Waals surface area contributed by atoms with Gasteiger partial charge in [0.25, 0.3) is 0 Å². The molecule has 0 saturated carbocycles. The maximum atomic E-state index is 13.4. The van der Waals surface area contributed by atoms with Crippen molar-refractivity contribution in [1.82, 2.24) is 9.97 Å². The number of hydrogen-bond donors (Lipinski definition) is 1. The predicted octanol–water partition coefficient (Wildman–Crippen LogP) is 3.01. The fourth-order valence-corrected chi connectivity index (χ4v) is 1.62. The van der Waals surface area contributed by atoms with Crippen molar-refractivity contribution in [2.75, 3.05) is 0 Å². The SMILES string of the molecule is O=C(O)c1ccnc(Oc2cc(Br)cc(F)c2F)n1. The van der Waals surface area contributed by atoms with Crippen molar-refractivity contribution in [2.24, 2.45) is 0 Å². The van der Waals surface area contributed by atoms with Crippen molar-refractivity contribution in [2.45, 2.75) is 0 Å². The minimum absolute atomic E-state index is 0.260. The summed E-state index contributed by atoms with van der Waals surface area (Å²) in [5, 5.41) is 8.73. The Morgan fingerprint density at radius 2 is 2.11 bits per heavy atom. The van der Waals surface area contributed by atoms with Gasteiger partial charge in [0, 0.05) is 10.7 Å². The van der Waals surface area contributed by atoms with Crippen LogP contribution in [-0.4, -0.2) is 21.0 Å². The molecule has 5 nitrogen and oxygen atoms in total. The molecule has 1 aromatic carbocycles. The van der Waals surface area contributed by atoms with E-state index in [0.29, 0.717) is 0 Å². The number of carboxylic acids is 1. The number of rotatable bonds is 3. The summed E-state index contributed by atoms with van der Waals surface area (Å²) in [7, 11) is 0. The van der Waals surface area contributed by atoms with E-state index in [0.717, 1.165) is 18.3 Å². The first kappa shape index (κ1) is 13.3. The molecule has 1 N–H and O–H groups in total. The second kappa shape index (κ2) is 5.27. The molecule has 0 aliphatic rings. The van der Waals surface area contributed by atoms with Crippen molar-refractivity contribution < 1.29 is 23.4 Å². The number of nitrogens with zero attached hydrogens (tertiary/aromatic N) is 2. The third kappa shape index (κ3) is 3.02. The van der Waals surface area contributed by atoms with E-state index in [9.17, 15) is 13.6 Å². The van der Waals surface area contributed by atoms with Crippen LogP contribution in [0, 0.1) is 11.6 Å². The molecule has 0 aliphatic carbocycles. The summed E-state index contributed by atoms with van der Waals surface area (Å²) >= 11 is 2.98. The van der Waals surface area contributed by atoms with Gasteiger partial charge in [0.1, 0.15) is 0 Å². The first-order valence-electron chi connectivity index (χ1n) is 4.86. The van der Waals surface area contributed by atoms with Crippen LogP contribution in [0.2, 0.25) is 0 Å². The van der Waals surface area contributed by atoms with E-state index in [1.54, 1.807) is 0 Å². The van der Waals surface area contributed by atoms with E-state index in [1.165, 1.54) is 6.07 Å². The first-order chi connectivity index (χ1) is 8.97. The summed E-state index contributed by atoms with van der Waals surface area (Å²) in [6, 6.07) is 2.86. The highest BCUT2D eigenvalue weighted by Gasteiger charge is 2.14. The van der Waals surface area contributed by atoms with Gasteiger partial charge in [-0.2, -0.15) is 9.37 Å². The molecule has 19 heavy (non-hydrogen) atoms. The molecule has 1 aromatic heterocycles. The van der Waals surface area contributed by atoms with Crippen LogP contribution in [-0.2, 0) is 0 Å². The zero-order chi connectivity index (χ0) is 14.0. The van der Waals surface area contributed by atoms with Gasteiger partial charge in [-0.05, 0) is 18.2 Å². The van der Waals surface area contributed by atoms with Gasteiger partial charge in [-0.15, -0.1) is 0 Å². The summed E-state index contributed by atoms with van der Waals surface area (Å²) in [5.41, 5.74) is -0.319. The summed E-state index contributed by atoms with van der Waals surface area (Å²) in [6.45, 7) is 0. The Hall–Kier alpha value is -2.09. The molecule has 0 fully saturated rings. The van der Waals surface area contributed by atoms with Crippen LogP contribution >= 0.6 is 15.9 Å². The lowest BCUT2D eigenvalue weighted by atomic mass is 10.3. The van der Waals surface area contributed by atoms with Gasteiger partial charge in [0.05, 0.1) is 0 Å². The zero-order valence-corrected chi connectivity index (χ0v) is 10.7. The highest BCUT2D eigenvalue weighted by Crippen LogP contribution is 2.28. The topological polar surface area (TPSA) is 72.3 Å². The first-order valence-corrected chi connectivity index (χ1v) is 5.65. The molecule has 0 amide bonds. The Bertz CT molecular complexity index is 652. The molecular weight excluding hydrogens is 326 g/mol. The van der Waals surface area contributed by atoms with Crippen LogP contribution in [0.4, 0.5) is 8.78 Å². The van der Waals surface area contributed by atoms with E-state index in [2.05, 4.69) is 25.9 Å². The molecule has 2 rings (SSSR count). The monoisotopic (exact) mass is 330 g/mol. The van der Waals surface area contributed by atoms with E-state index in [4.69, 9.17) is 9.84 Å². The fraction of sp³-hybridized carbons (Fsp3) is 0. The molecule has 0 spiro atoms. The quantitative estimate of drug-likeness (QED) is 0.876. The lowest BCUT2D eigenvalue weighted by molar-refractivity contribution is 0.0689. The van der Waals surface area contributed by atoms with Crippen LogP contribution in [0.1, 0.15) is 10.5 Å². The normalized spacial score (nSPS) is 10.3. The molecule has 0 aliphatic heterocycles. The Morgan fingerprint density at radius 3 is 2.79 bits per heavy atom. The van der Waals surface area contributed by atoms with Crippen molar-refractivity contribution in [3.63, 3.8) is 0 Å². The Morgan fingerprint density at radius 1 is 1.37 bits per heavy atom. The standard InChI is InChI=1S/C11H5BrF2N2O3/c12-5-3-6(13)9(14)8(4-5)19-11-15-2-1-7(16-11)10(17)18/h1-4H,(H,17,18). The minimum atomic E-state index is -1.28. The molecule has 0 bridgehead atoms. The van der Waals surface area contributed by atoms with Crippen LogP contribution in [0.25, 0.3) is 0 Å². The zero-order valence-electron chi connectivity index (χ0n) is 9.10. The second-order valence-corrected chi connectivity index (χ2v) is 4.25. The van der Waals surface area contributed by atoms with Crippen molar-refractivity contribution in [3.8, 4) is 11.8 Å². The van der Waals surface area contributed by atoms with Crippen molar-refractivity contribution >= 4 is 21.9 Å². The van der Waals surface area contributed by atoms with Crippen molar-refractivity contribution in [1.29, 1.82) is 0 Å². The molecular formula is C11H5BrF2N2O3. The number of carboxylic acid groups (broad SMARTS) is 1. The Balaban J connectivity index is 2.36. The maximum absolute atomic E-state index is 13.4. The van der Waals surface area contributed by atoms with Gasteiger partial charge in [0.2, 0.25) is 5.82 Å². The lowest BCUT2D eigenvalue weighted by Crippen LogP contribution is -2.03. The number of aromatic nitrogens is 2. The van der Waals surface area contributed by atoms with E-state index in [1.807, 2.05) is 0 Å². The fourth-order valence-electron chi connectivity index (χ4n) is 1.21. The highest BCUT2D eigenvalue weighted by molar-refractivity contribution is 9.10. The summed E-state index contributed by atoms with van der Waals surface area (Å²) in [5.74, 6) is -4.06. The Labute approximate surface area is 114 Å².